The predicted octanol–water partition coefficient (Wildman–Crippen LogP) is 4.74. The lowest BCUT2D eigenvalue weighted by atomic mass is 10.2. The molecule has 0 saturated heterocycles. The third-order valence-corrected chi connectivity index (χ3v) is 5.85. The fourth-order valence-electron chi connectivity index (χ4n) is 3.03. The number of halogens is 6. The molecule has 0 saturated carbocycles. The molecule has 9 nitrogen and oxygen atoms in total. The lowest BCUT2D eigenvalue weighted by Gasteiger charge is -2.08. The molecule has 1 amide bonds. The summed E-state index contributed by atoms with van der Waals surface area (Å²) in [6, 6.07) is 6.77. The van der Waals surface area contributed by atoms with E-state index < -0.39 is 39.8 Å². The highest BCUT2D eigenvalue weighted by Gasteiger charge is 2.38. The minimum atomic E-state index is -4.89. The number of rotatable bonds is 5. The Kier molecular flexibility index (Phi) is 6.24. The number of carbonyl (C=O) groups is 1. The summed E-state index contributed by atoms with van der Waals surface area (Å²) in [5.74, 6) is -3.51. The molecule has 1 atom stereocenters. The van der Waals surface area contributed by atoms with Crippen LogP contribution >= 0.6 is 0 Å². The van der Waals surface area contributed by atoms with E-state index in [1.54, 1.807) is 0 Å². The summed E-state index contributed by atoms with van der Waals surface area (Å²) in [6.45, 7) is 0. The highest BCUT2D eigenvalue weighted by atomic mass is 32.2. The molecule has 3 aromatic heterocycles. The van der Waals surface area contributed by atoms with Crippen LogP contribution in [-0.4, -0.2) is 42.3 Å². The molecule has 1 aromatic carbocycles. The van der Waals surface area contributed by atoms with E-state index in [2.05, 4.69) is 28.7 Å². The Morgan fingerprint density at radius 2 is 1.81 bits per heavy atom. The first-order chi connectivity index (χ1) is 16.7. The highest BCUT2D eigenvalue weighted by Crippen LogP contribution is 2.29. The molecule has 0 N–H and O–H groups in total. The Morgan fingerprint density at radius 3 is 2.42 bits per heavy atom. The number of carbonyl (C=O) groups excluding carboxylic acids is 1. The molecule has 4 rings (SSSR count). The number of imidazole rings is 1. The van der Waals surface area contributed by atoms with Crippen LogP contribution in [0.3, 0.4) is 0 Å². The van der Waals surface area contributed by atoms with Crippen molar-refractivity contribution in [1.82, 2.24) is 19.5 Å². The zero-order chi connectivity index (χ0) is 26.3. The van der Waals surface area contributed by atoms with Gasteiger partial charge in [0.1, 0.15) is 11.4 Å². The van der Waals surface area contributed by atoms with Gasteiger partial charge in [0.15, 0.2) is 0 Å². The largest absolute Gasteiger partial charge is 0.573 e. The Labute approximate surface area is 197 Å². The molecular weight excluding hydrogens is 520 g/mol. The standard InChI is InChI=1S/C20H13F6N5O4S/c1-36(33,30-17(32)11-2-4-14(5-3-11)34-20(24,25)26)10-13-9-31-7-6-12(8-15(31)27-13)16-28-18(35-29-16)19(21,22)23/h2-9H,10H2,1H3. The van der Waals surface area contributed by atoms with Crippen LogP contribution in [0.25, 0.3) is 17.0 Å². The van der Waals surface area contributed by atoms with Gasteiger partial charge in [-0.1, -0.05) is 5.16 Å². The number of aromatic nitrogens is 4. The zero-order valence-electron chi connectivity index (χ0n) is 17.9. The van der Waals surface area contributed by atoms with Gasteiger partial charge in [-0.3, -0.25) is 4.79 Å². The number of pyridine rings is 1. The van der Waals surface area contributed by atoms with Crippen LogP contribution in [0.2, 0.25) is 0 Å². The van der Waals surface area contributed by atoms with E-state index in [0.717, 1.165) is 24.3 Å². The molecule has 0 radical (unpaired) electrons. The molecule has 0 aliphatic heterocycles. The fraction of sp³-hybridized carbons (Fsp3) is 0.200. The van der Waals surface area contributed by atoms with Crippen molar-refractivity contribution in [3.8, 4) is 17.1 Å². The third kappa shape index (κ3) is 5.99. The van der Waals surface area contributed by atoms with Gasteiger partial charge in [0.05, 0.1) is 21.2 Å². The topological polar surface area (TPSA) is 112 Å². The fourth-order valence-corrected chi connectivity index (χ4v) is 4.24. The molecule has 16 heteroatoms. The number of nitrogens with zero attached hydrogens (tertiary/aromatic N) is 5. The van der Waals surface area contributed by atoms with Gasteiger partial charge in [-0.15, -0.1) is 13.2 Å². The molecule has 3 heterocycles. The average molecular weight is 533 g/mol. The van der Waals surface area contributed by atoms with Gasteiger partial charge in [-0.25, -0.2) is 9.19 Å². The second-order valence-corrected chi connectivity index (χ2v) is 9.80. The van der Waals surface area contributed by atoms with Crippen LogP contribution in [0.15, 0.2) is 57.7 Å². The Morgan fingerprint density at radius 1 is 1.11 bits per heavy atom. The summed E-state index contributed by atoms with van der Waals surface area (Å²) in [5.41, 5.74) is 0.614. The normalized spacial score (nSPS) is 14.0. The number of fused-ring (bicyclic) bond motifs is 1. The first-order valence-corrected chi connectivity index (χ1v) is 11.8. The number of alkyl halides is 6. The van der Waals surface area contributed by atoms with E-state index in [0.29, 0.717) is 0 Å². The van der Waals surface area contributed by atoms with E-state index >= 15 is 0 Å². The third-order valence-electron chi connectivity index (χ3n) is 4.46. The second-order valence-electron chi connectivity index (χ2n) is 7.41. The first-order valence-electron chi connectivity index (χ1n) is 9.67. The Balaban J connectivity index is 1.52. The van der Waals surface area contributed by atoms with Gasteiger partial charge in [-0.2, -0.15) is 22.5 Å². The molecular formula is C20H13F6N5O4S. The average Bonchev–Trinajstić information content (AvgIpc) is 3.38. The van der Waals surface area contributed by atoms with E-state index in [1.807, 2.05) is 0 Å². The number of hydrogen-bond donors (Lipinski definition) is 0. The van der Waals surface area contributed by atoms with Crippen LogP contribution in [0.1, 0.15) is 21.9 Å². The van der Waals surface area contributed by atoms with E-state index in [4.69, 9.17) is 0 Å². The van der Waals surface area contributed by atoms with Gasteiger partial charge in [0, 0.05) is 29.8 Å². The van der Waals surface area contributed by atoms with E-state index in [9.17, 15) is 35.3 Å². The molecule has 36 heavy (non-hydrogen) atoms. The molecule has 190 valence electrons. The summed E-state index contributed by atoms with van der Waals surface area (Å²) in [6.07, 6.45) is -5.52. The zero-order valence-corrected chi connectivity index (χ0v) is 18.7. The number of hydrogen-bond acceptors (Lipinski definition) is 7. The van der Waals surface area contributed by atoms with Crippen LogP contribution in [0, 0.1) is 0 Å². The monoisotopic (exact) mass is 533 g/mol. The quantitative estimate of drug-likeness (QED) is 0.341. The maximum absolute atomic E-state index is 12.9. The first kappa shape index (κ1) is 25.2. The van der Waals surface area contributed by atoms with Crippen molar-refractivity contribution in [3.05, 3.63) is 65.9 Å². The minimum absolute atomic E-state index is 0.0999. The molecule has 0 aliphatic carbocycles. The van der Waals surface area contributed by atoms with Crippen molar-refractivity contribution in [2.75, 3.05) is 6.26 Å². The van der Waals surface area contributed by atoms with Crippen molar-refractivity contribution < 1.29 is 44.6 Å². The van der Waals surface area contributed by atoms with Gasteiger partial charge < -0.3 is 13.7 Å². The highest BCUT2D eigenvalue weighted by molar-refractivity contribution is 7.92. The van der Waals surface area contributed by atoms with Gasteiger partial charge in [-0.05, 0) is 36.4 Å². The van der Waals surface area contributed by atoms with Crippen molar-refractivity contribution in [2.24, 2.45) is 4.36 Å². The number of benzene rings is 1. The lowest BCUT2D eigenvalue weighted by molar-refractivity contribution is -0.274. The van der Waals surface area contributed by atoms with Crippen LogP contribution in [-0.2, 0) is 21.7 Å². The van der Waals surface area contributed by atoms with Crippen molar-refractivity contribution in [3.63, 3.8) is 0 Å². The summed E-state index contributed by atoms with van der Waals surface area (Å²) in [5, 5.41) is 3.31. The van der Waals surface area contributed by atoms with Gasteiger partial charge in [0.2, 0.25) is 5.82 Å². The van der Waals surface area contributed by atoms with E-state index in [1.165, 1.54) is 35.2 Å². The van der Waals surface area contributed by atoms with Crippen LogP contribution in [0.4, 0.5) is 26.3 Å². The SMILES string of the molecule is CS(=O)(Cc1cn2ccc(-c3noc(C(F)(F)F)n3)cc2n1)=NC(=O)c1ccc(OC(F)(F)F)cc1. The maximum atomic E-state index is 12.9. The molecule has 0 spiro atoms. The Hall–Kier alpha value is -3.95. The predicted molar refractivity (Wildman–Crippen MR) is 111 cm³/mol. The summed E-state index contributed by atoms with van der Waals surface area (Å²) >= 11 is 0. The Bertz CT molecular complexity index is 1550. The minimum Gasteiger partial charge on any atom is -0.406 e. The molecule has 4 aromatic rings. The van der Waals surface area contributed by atoms with Crippen molar-refractivity contribution in [1.29, 1.82) is 0 Å². The van der Waals surface area contributed by atoms with Crippen LogP contribution < -0.4 is 4.74 Å². The molecule has 0 bridgehead atoms. The van der Waals surface area contributed by atoms with Gasteiger partial charge in [0.25, 0.3) is 5.91 Å². The van der Waals surface area contributed by atoms with E-state index in [-0.39, 0.29) is 34.0 Å². The molecule has 0 aliphatic rings. The summed E-state index contributed by atoms with van der Waals surface area (Å²) in [7, 11) is -3.17. The van der Waals surface area contributed by atoms with Crippen LogP contribution in [0.5, 0.6) is 5.75 Å². The second kappa shape index (κ2) is 8.92. The van der Waals surface area contributed by atoms with Crippen molar-refractivity contribution >= 4 is 21.3 Å². The smallest absolute Gasteiger partial charge is 0.406 e. The maximum Gasteiger partial charge on any atom is 0.573 e. The number of amides is 1. The summed E-state index contributed by atoms with van der Waals surface area (Å²) < 4.78 is 101. The van der Waals surface area contributed by atoms with Crippen molar-refractivity contribution in [2.45, 2.75) is 18.3 Å². The molecule has 1 unspecified atom stereocenters. The van der Waals surface area contributed by atoms with Gasteiger partial charge >= 0.3 is 18.4 Å². The molecule has 0 fully saturated rings. The summed E-state index contributed by atoms with van der Waals surface area (Å²) in [4.78, 5) is 19.9. The lowest BCUT2D eigenvalue weighted by Crippen LogP contribution is -2.17. The number of ether oxygens (including phenoxy) is 1.